The van der Waals surface area contributed by atoms with Crippen molar-refractivity contribution in [3.63, 3.8) is 0 Å². The first-order valence-corrected chi connectivity index (χ1v) is 8.11. The van der Waals surface area contributed by atoms with Crippen LogP contribution in [0.25, 0.3) is 0 Å². The van der Waals surface area contributed by atoms with Gasteiger partial charge in [-0.3, -0.25) is 19.7 Å². The Labute approximate surface area is 146 Å². The molecular weight excluding hydrogens is 328 g/mol. The number of rotatable bonds is 9. The Morgan fingerprint density at radius 2 is 1.88 bits per heavy atom. The molecule has 8 heteroatoms. The fourth-order valence-electron chi connectivity index (χ4n) is 2.28. The molecule has 0 spiro atoms. The molecule has 0 bridgehead atoms. The third kappa shape index (κ3) is 6.50. The molecule has 0 radical (unpaired) electrons. The van der Waals surface area contributed by atoms with E-state index in [1.165, 1.54) is 18.2 Å². The number of para-hydroxylation sites is 1. The van der Waals surface area contributed by atoms with Crippen molar-refractivity contribution < 1.29 is 24.0 Å². The second-order valence-electron chi connectivity index (χ2n) is 5.72. The van der Waals surface area contributed by atoms with Crippen molar-refractivity contribution in [2.45, 2.75) is 52.4 Å². The Bertz CT molecular complexity index is 617. The summed E-state index contributed by atoms with van der Waals surface area (Å²) in [5.74, 6) is -1.01. The van der Waals surface area contributed by atoms with Crippen molar-refractivity contribution in [3.8, 4) is 0 Å². The molecule has 0 saturated carbocycles. The van der Waals surface area contributed by atoms with E-state index in [0.717, 1.165) is 0 Å². The van der Waals surface area contributed by atoms with Gasteiger partial charge in [-0.1, -0.05) is 18.2 Å². The molecule has 138 valence electrons. The summed E-state index contributed by atoms with van der Waals surface area (Å²) < 4.78 is 10.3. The van der Waals surface area contributed by atoms with Gasteiger partial charge < -0.3 is 14.8 Å². The number of hydrogen-bond donors (Lipinski definition) is 1. The van der Waals surface area contributed by atoms with Gasteiger partial charge >= 0.3 is 5.97 Å². The molecule has 0 aliphatic carbocycles. The summed E-state index contributed by atoms with van der Waals surface area (Å²) in [5, 5.41) is 13.9. The molecule has 8 nitrogen and oxygen atoms in total. The SMILES string of the molecule is CCOC(C)C(=O)NC(CC(=O)OC(C)C)c1ccccc1[N+](=O)[O-]. The zero-order valence-electron chi connectivity index (χ0n) is 14.9. The number of ether oxygens (including phenoxy) is 2. The van der Waals surface area contributed by atoms with Gasteiger partial charge in [-0.25, -0.2) is 0 Å². The van der Waals surface area contributed by atoms with Crippen molar-refractivity contribution in [1.82, 2.24) is 5.32 Å². The smallest absolute Gasteiger partial charge is 0.308 e. The van der Waals surface area contributed by atoms with Gasteiger partial charge in [0.1, 0.15) is 6.10 Å². The minimum Gasteiger partial charge on any atom is -0.463 e. The standard InChI is InChI=1S/C17H24N2O6/c1-5-24-12(4)17(21)18-14(10-16(20)25-11(2)3)13-8-6-7-9-15(13)19(22)23/h6-9,11-12,14H,5,10H2,1-4H3,(H,18,21). The van der Waals surface area contributed by atoms with Gasteiger partial charge in [0, 0.05) is 12.7 Å². The van der Waals surface area contributed by atoms with Crippen LogP contribution in [-0.2, 0) is 19.1 Å². The van der Waals surface area contributed by atoms with Gasteiger partial charge in [0.15, 0.2) is 0 Å². The average Bonchev–Trinajstić information content (AvgIpc) is 2.53. The van der Waals surface area contributed by atoms with Gasteiger partial charge in [0.25, 0.3) is 5.69 Å². The maximum atomic E-state index is 12.2. The van der Waals surface area contributed by atoms with E-state index in [9.17, 15) is 19.7 Å². The van der Waals surface area contributed by atoms with Gasteiger partial charge in [-0.05, 0) is 27.7 Å². The van der Waals surface area contributed by atoms with E-state index in [2.05, 4.69) is 5.32 Å². The van der Waals surface area contributed by atoms with Gasteiger partial charge in [0.2, 0.25) is 5.91 Å². The maximum absolute atomic E-state index is 12.2. The number of carbonyl (C=O) groups is 2. The molecule has 0 heterocycles. The van der Waals surface area contributed by atoms with Crippen LogP contribution in [0, 0.1) is 10.1 Å². The summed E-state index contributed by atoms with van der Waals surface area (Å²) in [6.07, 6.45) is -1.28. The number of amides is 1. The lowest BCUT2D eigenvalue weighted by molar-refractivity contribution is -0.385. The van der Waals surface area contributed by atoms with Crippen LogP contribution < -0.4 is 5.32 Å². The molecule has 0 aliphatic rings. The van der Waals surface area contributed by atoms with E-state index in [-0.39, 0.29) is 23.8 Å². The van der Waals surface area contributed by atoms with Crippen LogP contribution in [-0.4, -0.2) is 35.6 Å². The largest absolute Gasteiger partial charge is 0.463 e. The van der Waals surface area contributed by atoms with Crippen molar-refractivity contribution >= 4 is 17.6 Å². The van der Waals surface area contributed by atoms with Gasteiger partial charge in [-0.15, -0.1) is 0 Å². The molecule has 1 amide bonds. The topological polar surface area (TPSA) is 108 Å². The molecule has 25 heavy (non-hydrogen) atoms. The zero-order chi connectivity index (χ0) is 19.0. The Kier molecular flexibility index (Phi) is 8.00. The number of hydrogen-bond acceptors (Lipinski definition) is 6. The second kappa shape index (κ2) is 9.73. The highest BCUT2D eigenvalue weighted by Gasteiger charge is 2.28. The number of nitro groups is 1. The van der Waals surface area contributed by atoms with Gasteiger partial charge in [0.05, 0.1) is 29.1 Å². The molecular formula is C17H24N2O6. The van der Waals surface area contributed by atoms with E-state index in [1.807, 2.05) is 0 Å². The number of nitro benzene ring substituents is 1. The van der Waals surface area contributed by atoms with Crippen LogP contribution in [0.5, 0.6) is 0 Å². The quantitative estimate of drug-likeness (QED) is 0.416. The first-order valence-electron chi connectivity index (χ1n) is 8.11. The van der Waals surface area contributed by atoms with Crippen molar-refractivity contribution in [1.29, 1.82) is 0 Å². The van der Waals surface area contributed by atoms with E-state index >= 15 is 0 Å². The van der Waals surface area contributed by atoms with E-state index < -0.39 is 28.9 Å². The zero-order valence-corrected chi connectivity index (χ0v) is 14.9. The minimum absolute atomic E-state index is 0.172. The number of nitrogens with zero attached hydrogens (tertiary/aromatic N) is 1. The number of benzene rings is 1. The molecule has 1 rings (SSSR count). The van der Waals surface area contributed by atoms with E-state index in [4.69, 9.17) is 9.47 Å². The van der Waals surface area contributed by atoms with Crippen LogP contribution in [0.1, 0.15) is 45.7 Å². The van der Waals surface area contributed by atoms with Gasteiger partial charge in [-0.2, -0.15) is 0 Å². The molecule has 1 N–H and O–H groups in total. The van der Waals surface area contributed by atoms with Crippen LogP contribution >= 0.6 is 0 Å². The van der Waals surface area contributed by atoms with Crippen LogP contribution in [0.3, 0.4) is 0 Å². The Hall–Kier alpha value is -2.48. The molecule has 2 atom stereocenters. The second-order valence-corrected chi connectivity index (χ2v) is 5.72. The monoisotopic (exact) mass is 352 g/mol. The predicted molar refractivity (Wildman–Crippen MR) is 90.9 cm³/mol. The van der Waals surface area contributed by atoms with E-state index in [0.29, 0.717) is 6.61 Å². The molecule has 0 aliphatic heterocycles. The van der Waals surface area contributed by atoms with E-state index in [1.54, 1.807) is 33.8 Å². The molecule has 0 aromatic heterocycles. The summed E-state index contributed by atoms with van der Waals surface area (Å²) in [4.78, 5) is 35.0. The first-order chi connectivity index (χ1) is 11.8. The third-order valence-corrected chi connectivity index (χ3v) is 3.35. The highest BCUT2D eigenvalue weighted by Crippen LogP contribution is 2.27. The number of esters is 1. The Morgan fingerprint density at radius 3 is 2.44 bits per heavy atom. The number of nitrogens with one attached hydrogen (secondary N) is 1. The van der Waals surface area contributed by atoms with Crippen molar-refractivity contribution in [2.24, 2.45) is 0 Å². The van der Waals surface area contributed by atoms with Crippen molar-refractivity contribution in [3.05, 3.63) is 39.9 Å². The maximum Gasteiger partial charge on any atom is 0.308 e. The lowest BCUT2D eigenvalue weighted by atomic mass is 10.0. The lowest BCUT2D eigenvalue weighted by Crippen LogP contribution is -2.38. The average molecular weight is 352 g/mol. The summed E-state index contributed by atoms with van der Waals surface area (Å²) >= 11 is 0. The van der Waals surface area contributed by atoms with Crippen molar-refractivity contribution in [2.75, 3.05) is 6.61 Å². The molecule has 2 unspecified atom stereocenters. The fourth-order valence-corrected chi connectivity index (χ4v) is 2.28. The van der Waals surface area contributed by atoms with Crippen LogP contribution in [0.15, 0.2) is 24.3 Å². The highest BCUT2D eigenvalue weighted by atomic mass is 16.6. The number of carbonyl (C=O) groups excluding carboxylic acids is 2. The lowest BCUT2D eigenvalue weighted by Gasteiger charge is -2.21. The summed E-state index contributed by atoms with van der Waals surface area (Å²) in [7, 11) is 0. The molecule has 0 fully saturated rings. The first kappa shape index (κ1) is 20.6. The fraction of sp³-hybridized carbons (Fsp3) is 0.529. The summed E-state index contributed by atoms with van der Waals surface area (Å²) in [6.45, 7) is 7.08. The molecule has 0 saturated heterocycles. The summed E-state index contributed by atoms with van der Waals surface area (Å²) in [5.41, 5.74) is 0.0689. The van der Waals surface area contributed by atoms with Crippen LogP contribution in [0.2, 0.25) is 0 Å². The molecule has 1 aromatic carbocycles. The molecule has 1 aromatic rings. The normalized spacial score (nSPS) is 13.2. The third-order valence-electron chi connectivity index (χ3n) is 3.35. The minimum atomic E-state index is -0.886. The predicted octanol–water partition coefficient (Wildman–Crippen LogP) is 2.52. The Morgan fingerprint density at radius 1 is 1.24 bits per heavy atom. The Balaban J connectivity index is 3.09. The highest BCUT2D eigenvalue weighted by molar-refractivity contribution is 5.82. The van der Waals surface area contributed by atoms with Crippen LogP contribution in [0.4, 0.5) is 5.69 Å². The summed E-state index contributed by atoms with van der Waals surface area (Å²) in [6, 6.07) is 5.09.